The fourth-order valence-electron chi connectivity index (χ4n) is 3.90. The number of nitrogens with zero attached hydrogens (tertiary/aromatic N) is 3. The molecule has 0 bridgehead atoms. The Morgan fingerprint density at radius 2 is 1.91 bits per heavy atom. The van der Waals surface area contributed by atoms with Gasteiger partial charge in [0, 0.05) is 37.8 Å². The van der Waals surface area contributed by atoms with E-state index in [9.17, 15) is 0 Å². The molecule has 1 aromatic rings. The van der Waals surface area contributed by atoms with Crippen molar-refractivity contribution in [2.45, 2.75) is 38.3 Å². The van der Waals surface area contributed by atoms with Gasteiger partial charge in [-0.1, -0.05) is 0 Å². The van der Waals surface area contributed by atoms with Gasteiger partial charge in [0.05, 0.1) is 0 Å². The van der Waals surface area contributed by atoms with E-state index < -0.39 is 0 Å². The van der Waals surface area contributed by atoms with Crippen LogP contribution in [0.3, 0.4) is 0 Å². The lowest BCUT2D eigenvalue weighted by Crippen LogP contribution is -2.44. The Kier molecular flexibility index (Phi) is 4.17. The fourth-order valence-corrected chi connectivity index (χ4v) is 3.90. The summed E-state index contributed by atoms with van der Waals surface area (Å²) in [6.45, 7) is 7.31. The van der Waals surface area contributed by atoms with Crippen molar-refractivity contribution in [2.75, 3.05) is 44.2 Å². The first-order chi connectivity index (χ1) is 10.9. The lowest BCUT2D eigenvalue weighted by atomic mass is 10.0. The van der Waals surface area contributed by atoms with Crippen molar-refractivity contribution in [2.24, 2.45) is 0 Å². The second-order valence-corrected chi connectivity index (χ2v) is 6.62. The Morgan fingerprint density at radius 3 is 2.73 bits per heavy atom. The summed E-state index contributed by atoms with van der Waals surface area (Å²) in [7, 11) is 0. The number of hydrogen-bond donors (Lipinski definition) is 1. The molecular weight excluding hydrogens is 276 g/mol. The normalized spacial score (nSPS) is 23.9. The summed E-state index contributed by atoms with van der Waals surface area (Å²) in [5.41, 5.74) is 1.17. The van der Waals surface area contributed by atoms with Crippen LogP contribution in [0.15, 0.2) is 12.1 Å². The fraction of sp³-hybridized carbons (Fsp3) is 0.706. The van der Waals surface area contributed by atoms with E-state index >= 15 is 0 Å². The van der Waals surface area contributed by atoms with Crippen LogP contribution < -0.4 is 15.0 Å². The molecule has 0 spiro atoms. The van der Waals surface area contributed by atoms with Gasteiger partial charge in [0.25, 0.3) is 0 Å². The van der Waals surface area contributed by atoms with Crippen LogP contribution in [0.1, 0.15) is 31.2 Å². The first-order valence-electron chi connectivity index (χ1n) is 8.72. The molecule has 1 N–H and O–H groups in total. The van der Waals surface area contributed by atoms with Crippen molar-refractivity contribution in [3.8, 4) is 5.88 Å². The topological polar surface area (TPSA) is 40.6 Å². The van der Waals surface area contributed by atoms with Gasteiger partial charge in [-0.2, -0.15) is 4.98 Å². The molecule has 4 heterocycles. The van der Waals surface area contributed by atoms with Crippen molar-refractivity contribution in [3.63, 3.8) is 0 Å². The Bertz CT molecular complexity index is 507. The van der Waals surface area contributed by atoms with Gasteiger partial charge in [-0.05, 0) is 50.9 Å². The molecule has 5 heteroatoms. The van der Waals surface area contributed by atoms with Gasteiger partial charge in [0.2, 0.25) is 5.88 Å². The summed E-state index contributed by atoms with van der Waals surface area (Å²) < 4.78 is 5.77. The van der Waals surface area contributed by atoms with E-state index in [1.54, 1.807) is 0 Å². The van der Waals surface area contributed by atoms with E-state index in [0.717, 1.165) is 43.9 Å². The standard InChI is InChI=1S/C17H26N4O/c1-2-9-20(8-1)15-5-10-21(11-6-15)16-4-3-14-13-18-7-12-22-17(14)19-16/h3-4,15,18H,1-2,5-13H2. The predicted octanol–water partition coefficient (Wildman–Crippen LogP) is 1.63. The maximum atomic E-state index is 5.77. The van der Waals surface area contributed by atoms with Crippen molar-refractivity contribution in [3.05, 3.63) is 17.7 Å². The van der Waals surface area contributed by atoms with Crippen LogP contribution in [-0.2, 0) is 6.54 Å². The van der Waals surface area contributed by atoms with Gasteiger partial charge in [-0.25, -0.2) is 0 Å². The minimum Gasteiger partial charge on any atom is -0.476 e. The third-order valence-electron chi connectivity index (χ3n) is 5.20. The average molecular weight is 302 g/mol. The van der Waals surface area contributed by atoms with E-state index in [-0.39, 0.29) is 0 Å². The minimum atomic E-state index is 0.709. The lowest BCUT2D eigenvalue weighted by molar-refractivity contribution is 0.207. The molecule has 4 rings (SSSR count). The van der Waals surface area contributed by atoms with Crippen LogP contribution >= 0.6 is 0 Å². The Morgan fingerprint density at radius 1 is 1.09 bits per heavy atom. The van der Waals surface area contributed by atoms with Crippen LogP contribution in [0.2, 0.25) is 0 Å². The highest BCUT2D eigenvalue weighted by Crippen LogP contribution is 2.27. The highest BCUT2D eigenvalue weighted by Gasteiger charge is 2.27. The molecule has 0 amide bonds. The van der Waals surface area contributed by atoms with Crippen LogP contribution in [0.4, 0.5) is 5.82 Å². The maximum Gasteiger partial charge on any atom is 0.219 e. The quantitative estimate of drug-likeness (QED) is 0.899. The summed E-state index contributed by atoms with van der Waals surface area (Å²) in [5, 5.41) is 3.36. The summed E-state index contributed by atoms with van der Waals surface area (Å²) in [4.78, 5) is 9.89. The number of likely N-dealkylation sites (tertiary alicyclic amines) is 1. The van der Waals surface area contributed by atoms with E-state index in [1.165, 1.54) is 44.3 Å². The SMILES string of the molecule is c1cc2c(nc1N1CCC(N3CCCC3)CC1)OCCNC2. The van der Waals surface area contributed by atoms with Crippen LogP contribution in [0, 0.1) is 0 Å². The summed E-state index contributed by atoms with van der Waals surface area (Å²) in [6.07, 6.45) is 5.30. The molecule has 2 fully saturated rings. The van der Waals surface area contributed by atoms with Crippen LogP contribution in [-0.4, -0.2) is 55.3 Å². The van der Waals surface area contributed by atoms with Gasteiger partial charge in [0.15, 0.2) is 0 Å². The number of hydrogen-bond acceptors (Lipinski definition) is 5. The predicted molar refractivity (Wildman–Crippen MR) is 87.5 cm³/mol. The number of ether oxygens (including phenoxy) is 1. The van der Waals surface area contributed by atoms with Crippen molar-refractivity contribution in [1.29, 1.82) is 0 Å². The molecule has 3 aliphatic heterocycles. The van der Waals surface area contributed by atoms with Crippen molar-refractivity contribution in [1.82, 2.24) is 15.2 Å². The monoisotopic (exact) mass is 302 g/mol. The first kappa shape index (κ1) is 14.3. The molecule has 0 atom stereocenters. The first-order valence-corrected chi connectivity index (χ1v) is 8.72. The number of piperidine rings is 1. The molecule has 0 aromatic carbocycles. The van der Waals surface area contributed by atoms with Gasteiger partial charge < -0.3 is 19.9 Å². The molecule has 120 valence electrons. The minimum absolute atomic E-state index is 0.709. The Labute approximate surface area is 132 Å². The largest absolute Gasteiger partial charge is 0.476 e. The molecule has 3 aliphatic rings. The molecule has 2 saturated heterocycles. The third-order valence-corrected chi connectivity index (χ3v) is 5.20. The van der Waals surface area contributed by atoms with Crippen LogP contribution in [0.25, 0.3) is 0 Å². The van der Waals surface area contributed by atoms with E-state index in [0.29, 0.717) is 6.61 Å². The summed E-state index contributed by atoms with van der Waals surface area (Å²) >= 11 is 0. The van der Waals surface area contributed by atoms with Crippen LogP contribution in [0.5, 0.6) is 5.88 Å². The van der Waals surface area contributed by atoms with E-state index in [2.05, 4.69) is 27.2 Å². The Hall–Kier alpha value is -1.33. The van der Waals surface area contributed by atoms with Gasteiger partial charge in [0.1, 0.15) is 12.4 Å². The zero-order valence-corrected chi connectivity index (χ0v) is 13.3. The molecule has 0 radical (unpaired) electrons. The highest BCUT2D eigenvalue weighted by atomic mass is 16.5. The lowest BCUT2D eigenvalue weighted by Gasteiger charge is -2.37. The number of pyridine rings is 1. The number of rotatable bonds is 2. The van der Waals surface area contributed by atoms with Crippen molar-refractivity contribution < 1.29 is 4.74 Å². The zero-order valence-electron chi connectivity index (χ0n) is 13.3. The molecule has 0 unspecified atom stereocenters. The average Bonchev–Trinajstić information content (AvgIpc) is 3.00. The number of anilines is 1. The smallest absolute Gasteiger partial charge is 0.219 e. The number of nitrogens with one attached hydrogen (secondary N) is 1. The summed E-state index contributed by atoms with van der Waals surface area (Å²) in [6, 6.07) is 5.12. The van der Waals surface area contributed by atoms with E-state index in [4.69, 9.17) is 9.72 Å². The highest BCUT2D eigenvalue weighted by molar-refractivity contribution is 5.44. The van der Waals surface area contributed by atoms with Crippen molar-refractivity contribution >= 4 is 5.82 Å². The van der Waals surface area contributed by atoms with Gasteiger partial charge in [-0.3, -0.25) is 0 Å². The number of aromatic nitrogens is 1. The summed E-state index contributed by atoms with van der Waals surface area (Å²) in [5.74, 6) is 1.91. The molecule has 0 aliphatic carbocycles. The second-order valence-electron chi connectivity index (χ2n) is 6.62. The zero-order chi connectivity index (χ0) is 14.8. The molecule has 1 aromatic heterocycles. The van der Waals surface area contributed by atoms with Gasteiger partial charge >= 0.3 is 0 Å². The third kappa shape index (κ3) is 2.92. The molecule has 0 saturated carbocycles. The van der Waals surface area contributed by atoms with E-state index in [1.807, 2.05) is 0 Å². The molecular formula is C17H26N4O. The van der Waals surface area contributed by atoms with Gasteiger partial charge in [-0.15, -0.1) is 0 Å². The molecule has 22 heavy (non-hydrogen) atoms. The second kappa shape index (κ2) is 6.42. The maximum absolute atomic E-state index is 5.77. The Balaban J connectivity index is 1.41. The number of fused-ring (bicyclic) bond motifs is 1. The molecule has 5 nitrogen and oxygen atoms in total.